The number of anilines is 2. The van der Waals surface area contributed by atoms with Gasteiger partial charge >= 0.3 is 0 Å². The van der Waals surface area contributed by atoms with E-state index in [0.29, 0.717) is 30.0 Å². The van der Waals surface area contributed by atoms with Crippen molar-refractivity contribution in [2.24, 2.45) is 5.92 Å². The maximum atomic E-state index is 12.9. The number of aryl methyl sites for hydroxylation is 2. The molecule has 0 radical (unpaired) electrons. The van der Waals surface area contributed by atoms with Gasteiger partial charge in [0.2, 0.25) is 15.9 Å². The second-order valence-corrected chi connectivity index (χ2v) is 13.4. The first-order chi connectivity index (χ1) is 18.5. The van der Waals surface area contributed by atoms with Gasteiger partial charge in [-0.2, -0.15) is 0 Å². The Kier molecular flexibility index (Phi) is 8.63. The number of ether oxygens (including phenoxy) is 1. The van der Waals surface area contributed by atoms with Crippen LogP contribution in [-0.2, 0) is 30.6 Å². The standard InChI is InChI=1S/C28H33N3O6S2/c1-20-5-4-6-22(17-20)19-38(33,34)31-15-13-23(14-16-31)28(32)29-24-8-10-25(11-9-24)39(35,36)30-26-18-21(2)7-12-27(26)37-3/h4-12,17-18,23,30H,13-16,19H2,1-3H3,(H,29,32). The highest BCUT2D eigenvalue weighted by Crippen LogP contribution is 2.28. The minimum Gasteiger partial charge on any atom is -0.495 e. The van der Waals surface area contributed by atoms with Crippen LogP contribution < -0.4 is 14.8 Å². The van der Waals surface area contributed by atoms with Crippen LogP contribution in [0.2, 0.25) is 0 Å². The van der Waals surface area contributed by atoms with Crippen LogP contribution in [0, 0.1) is 19.8 Å². The van der Waals surface area contributed by atoms with Crippen LogP contribution in [0.25, 0.3) is 0 Å². The number of hydrogen-bond acceptors (Lipinski definition) is 6. The van der Waals surface area contributed by atoms with E-state index in [0.717, 1.165) is 16.7 Å². The van der Waals surface area contributed by atoms with E-state index in [1.54, 1.807) is 18.2 Å². The monoisotopic (exact) mass is 571 g/mol. The summed E-state index contributed by atoms with van der Waals surface area (Å²) >= 11 is 0. The van der Waals surface area contributed by atoms with Crippen LogP contribution in [0.4, 0.5) is 11.4 Å². The van der Waals surface area contributed by atoms with Crippen molar-refractivity contribution in [3.63, 3.8) is 0 Å². The molecular weight excluding hydrogens is 538 g/mol. The minimum absolute atomic E-state index is 0.0381. The van der Waals surface area contributed by atoms with Gasteiger partial charge in [-0.15, -0.1) is 0 Å². The van der Waals surface area contributed by atoms with Gasteiger partial charge in [0.15, 0.2) is 0 Å². The van der Waals surface area contributed by atoms with E-state index in [1.165, 1.54) is 35.7 Å². The second-order valence-electron chi connectivity index (χ2n) is 9.74. The molecule has 0 aromatic heterocycles. The maximum absolute atomic E-state index is 12.9. The first kappa shape index (κ1) is 28.6. The number of benzene rings is 3. The number of hydrogen-bond donors (Lipinski definition) is 2. The number of carbonyl (C=O) groups excluding carboxylic acids is 1. The van der Waals surface area contributed by atoms with Gasteiger partial charge in [0.25, 0.3) is 10.0 Å². The molecule has 2 N–H and O–H groups in total. The Labute approximate surface area is 230 Å². The summed E-state index contributed by atoms with van der Waals surface area (Å²) in [5.41, 5.74) is 3.42. The van der Waals surface area contributed by atoms with Gasteiger partial charge in [0, 0.05) is 24.7 Å². The number of nitrogens with zero attached hydrogens (tertiary/aromatic N) is 1. The van der Waals surface area contributed by atoms with Crippen LogP contribution in [-0.4, -0.2) is 47.2 Å². The highest BCUT2D eigenvalue weighted by Gasteiger charge is 2.31. The Morgan fingerprint density at radius 3 is 2.23 bits per heavy atom. The zero-order valence-corrected chi connectivity index (χ0v) is 23.8. The zero-order chi connectivity index (χ0) is 28.2. The lowest BCUT2D eigenvalue weighted by Gasteiger charge is -2.30. The van der Waals surface area contributed by atoms with E-state index in [1.807, 2.05) is 38.1 Å². The fourth-order valence-corrected chi connectivity index (χ4v) is 7.18. The van der Waals surface area contributed by atoms with Gasteiger partial charge in [0.05, 0.1) is 23.4 Å². The third-order valence-corrected chi connectivity index (χ3v) is 9.91. The van der Waals surface area contributed by atoms with Crippen LogP contribution in [0.3, 0.4) is 0 Å². The van der Waals surface area contributed by atoms with Crippen molar-refractivity contribution in [2.75, 3.05) is 30.2 Å². The third-order valence-electron chi connectivity index (χ3n) is 6.68. The number of carbonyl (C=O) groups is 1. The van der Waals surface area contributed by atoms with E-state index in [9.17, 15) is 21.6 Å². The van der Waals surface area contributed by atoms with E-state index in [2.05, 4.69) is 10.0 Å². The Morgan fingerprint density at radius 1 is 0.923 bits per heavy atom. The van der Waals surface area contributed by atoms with Crippen molar-refractivity contribution in [1.82, 2.24) is 4.31 Å². The van der Waals surface area contributed by atoms with Gasteiger partial charge in [-0.1, -0.05) is 35.9 Å². The van der Waals surface area contributed by atoms with Crippen molar-refractivity contribution in [3.05, 3.63) is 83.4 Å². The van der Waals surface area contributed by atoms with Crippen molar-refractivity contribution in [2.45, 2.75) is 37.3 Å². The Hall–Kier alpha value is -3.41. The number of piperidine rings is 1. The summed E-state index contributed by atoms with van der Waals surface area (Å²) in [5.74, 6) is -0.216. The SMILES string of the molecule is COc1ccc(C)cc1NS(=O)(=O)c1ccc(NC(=O)C2CCN(S(=O)(=O)Cc3cccc(C)c3)CC2)cc1. The summed E-state index contributed by atoms with van der Waals surface area (Å²) in [5, 5.41) is 2.82. The average Bonchev–Trinajstić information content (AvgIpc) is 2.89. The van der Waals surface area contributed by atoms with Gasteiger partial charge in [-0.25, -0.2) is 21.1 Å². The molecule has 4 rings (SSSR count). The molecule has 208 valence electrons. The number of rotatable bonds is 9. The van der Waals surface area contributed by atoms with Gasteiger partial charge in [0.1, 0.15) is 5.75 Å². The number of nitrogens with one attached hydrogen (secondary N) is 2. The molecule has 1 saturated heterocycles. The fraction of sp³-hybridized carbons (Fsp3) is 0.321. The highest BCUT2D eigenvalue weighted by molar-refractivity contribution is 7.92. The molecule has 3 aromatic carbocycles. The van der Waals surface area contributed by atoms with Gasteiger partial charge in [-0.05, 0) is 74.2 Å². The van der Waals surface area contributed by atoms with E-state index >= 15 is 0 Å². The molecule has 0 bridgehead atoms. The molecule has 1 aliphatic heterocycles. The molecule has 1 amide bonds. The number of sulfonamides is 2. The molecule has 39 heavy (non-hydrogen) atoms. The van der Waals surface area contributed by atoms with Gasteiger partial charge in [-0.3, -0.25) is 9.52 Å². The molecule has 0 atom stereocenters. The molecular formula is C28H33N3O6S2. The molecule has 1 fully saturated rings. The van der Waals surface area contributed by atoms with E-state index < -0.39 is 20.0 Å². The minimum atomic E-state index is -3.88. The number of amides is 1. The predicted molar refractivity (Wildman–Crippen MR) is 152 cm³/mol. The molecule has 0 unspecified atom stereocenters. The molecule has 0 saturated carbocycles. The Bertz CT molecular complexity index is 1550. The zero-order valence-electron chi connectivity index (χ0n) is 22.2. The summed E-state index contributed by atoms with van der Waals surface area (Å²) in [6.07, 6.45) is 0.821. The lowest BCUT2D eigenvalue weighted by Crippen LogP contribution is -2.41. The lowest BCUT2D eigenvalue weighted by atomic mass is 9.97. The molecule has 9 nitrogen and oxygen atoms in total. The average molecular weight is 572 g/mol. The third kappa shape index (κ3) is 7.17. The van der Waals surface area contributed by atoms with Crippen LogP contribution in [0.5, 0.6) is 5.75 Å². The van der Waals surface area contributed by atoms with Crippen molar-refractivity contribution in [1.29, 1.82) is 0 Å². The van der Waals surface area contributed by atoms with Crippen molar-refractivity contribution in [3.8, 4) is 5.75 Å². The second kappa shape index (κ2) is 11.8. The van der Waals surface area contributed by atoms with Crippen LogP contribution in [0.15, 0.2) is 71.6 Å². The molecule has 0 spiro atoms. The van der Waals surface area contributed by atoms with Crippen LogP contribution in [0.1, 0.15) is 29.5 Å². The summed E-state index contributed by atoms with van der Waals surface area (Å²) in [7, 11) is -5.89. The Balaban J connectivity index is 1.33. The maximum Gasteiger partial charge on any atom is 0.262 e. The normalized spacial score (nSPS) is 15.1. The highest BCUT2D eigenvalue weighted by atomic mass is 32.2. The predicted octanol–water partition coefficient (Wildman–Crippen LogP) is 4.29. The quantitative estimate of drug-likeness (QED) is 0.395. The van der Waals surface area contributed by atoms with Crippen molar-refractivity contribution < 1.29 is 26.4 Å². The van der Waals surface area contributed by atoms with Crippen molar-refractivity contribution >= 4 is 37.3 Å². The summed E-state index contributed by atoms with van der Waals surface area (Å²) < 4.78 is 60.8. The smallest absolute Gasteiger partial charge is 0.262 e. The molecule has 11 heteroatoms. The molecule has 3 aromatic rings. The number of methoxy groups -OCH3 is 1. The van der Waals surface area contributed by atoms with Crippen LogP contribution >= 0.6 is 0 Å². The molecule has 0 aliphatic carbocycles. The molecule has 1 aliphatic rings. The van der Waals surface area contributed by atoms with E-state index in [4.69, 9.17) is 4.74 Å². The topological polar surface area (TPSA) is 122 Å². The molecule has 1 heterocycles. The first-order valence-corrected chi connectivity index (χ1v) is 15.7. The first-order valence-electron chi connectivity index (χ1n) is 12.6. The Morgan fingerprint density at radius 2 is 1.59 bits per heavy atom. The summed E-state index contributed by atoms with van der Waals surface area (Å²) in [4.78, 5) is 12.9. The largest absolute Gasteiger partial charge is 0.495 e. The summed E-state index contributed by atoms with van der Waals surface area (Å²) in [6, 6.07) is 18.5. The lowest BCUT2D eigenvalue weighted by molar-refractivity contribution is -0.120. The summed E-state index contributed by atoms with van der Waals surface area (Å²) in [6.45, 7) is 4.32. The van der Waals surface area contributed by atoms with Gasteiger partial charge < -0.3 is 10.1 Å². The fourth-order valence-electron chi connectivity index (χ4n) is 4.57. The van der Waals surface area contributed by atoms with E-state index in [-0.39, 0.29) is 35.6 Å².